The van der Waals surface area contributed by atoms with Gasteiger partial charge in [0.1, 0.15) is 0 Å². The summed E-state index contributed by atoms with van der Waals surface area (Å²) in [5.74, 6) is 1.56. The van der Waals surface area contributed by atoms with Gasteiger partial charge in [-0.05, 0) is 44.1 Å². The number of aliphatic hydroxyl groups excluding tert-OH is 1. The van der Waals surface area contributed by atoms with E-state index in [0.29, 0.717) is 18.6 Å². The first-order valence-corrected chi connectivity index (χ1v) is 7.58. The molecule has 1 aliphatic carbocycles. The number of aliphatic hydroxyl groups is 1. The summed E-state index contributed by atoms with van der Waals surface area (Å²) < 4.78 is 0. The SMILES string of the molecule is NCCN1CC(CCO)CC(NCC2CCC2)C1. The molecule has 2 rings (SSSR count). The van der Waals surface area contributed by atoms with Crippen molar-refractivity contribution in [3.05, 3.63) is 0 Å². The lowest BCUT2D eigenvalue weighted by Crippen LogP contribution is -2.51. The monoisotopic (exact) mass is 255 g/mol. The van der Waals surface area contributed by atoms with Crippen molar-refractivity contribution >= 4 is 0 Å². The Hall–Kier alpha value is -0.160. The molecule has 4 N–H and O–H groups in total. The Balaban J connectivity index is 1.75. The van der Waals surface area contributed by atoms with Crippen molar-refractivity contribution in [3.63, 3.8) is 0 Å². The van der Waals surface area contributed by atoms with Crippen LogP contribution in [-0.4, -0.2) is 55.4 Å². The number of piperidine rings is 1. The van der Waals surface area contributed by atoms with Crippen molar-refractivity contribution in [2.24, 2.45) is 17.6 Å². The van der Waals surface area contributed by atoms with E-state index in [-0.39, 0.29) is 0 Å². The lowest BCUT2D eigenvalue weighted by Gasteiger charge is -2.39. The zero-order valence-electron chi connectivity index (χ0n) is 11.5. The molecule has 2 aliphatic rings. The van der Waals surface area contributed by atoms with Gasteiger partial charge in [0, 0.05) is 38.8 Å². The Labute approximate surface area is 111 Å². The van der Waals surface area contributed by atoms with E-state index in [1.165, 1.54) is 32.2 Å². The topological polar surface area (TPSA) is 61.5 Å². The van der Waals surface area contributed by atoms with E-state index in [2.05, 4.69) is 10.2 Å². The second-order valence-corrected chi connectivity index (χ2v) is 6.06. The van der Waals surface area contributed by atoms with E-state index in [9.17, 15) is 0 Å². The first kappa shape index (κ1) is 14.3. The van der Waals surface area contributed by atoms with Gasteiger partial charge in [0.2, 0.25) is 0 Å². The van der Waals surface area contributed by atoms with Crippen molar-refractivity contribution in [1.29, 1.82) is 0 Å². The number of nitrogens with zero attached hydrogens (tertiary/aromatic N) is 1. The minimum absolute atomic E-state index is 0.316. The minimum Gasteiger partial charge on any atom is -0.396 e. The van der Waals surface area contributed by atoms with Crippen LogP contribution in [0.1, 0.15) is 32.1 Å². The molecule has 2 unspecified atom stereocenters. The second kappa shape index (κ2) is 7.43. The van der Waals surface area contributed by atoms with Crippen LogP contribution in [0.4, 0.5) is 0 Å². The third-order valence-corrected chi connectivity index (χ3v) is 4.52. The average Bonchev–Trinajstić information content (AvgIpc) is 2.27. The maximum absolute atomic E-state index is 9.12. The lowest BCUT2D eigenvalue weighted by atomic mass is 9.84. The maximum atomic E-state index is 9.12. The maximum Gasteiger partial charge on any atom is 0.0434 e. The Morgan fingerprint density at radius 2 is 2.06 bits per heavy atom. The van der Waals surface area contributed by atoms with Gasteiger partial charge < -0.3 is 21.1 Å². The normalized spacial score (nSPS) is 30.3. The van der Waals surface area contributed by atoms with Gasteiger partial charge in [0.05, 0.1) is 0 Å². The van der Waals surface area contributed by atoms with Crippen LogP contribution in [0, 0.1) is 11.8 Å². The van der Waals surface area contributed by atoms with Crippen molar-refractivity contribution < 1.29 is 5.11 Å². The van der Waals surface area contributed by atoms with Crippen LogP contribution in [-0.2, 0) is 0 Å². The highest BCUT2D eigenvalue weighted by atomic mass is 16.3. The molecule has 1 aliphatic heterocycles. The highest BCUT2D eigenvalue weighted by Gasteiger charge is 2.27. The number of likely N-dealkylation sites (tertiary alicyclic amines) is 1. The van der Waals surface area contributed by atoms with E-state index in [0.717, 1.165) is 38.5 Å². The summed E-state index contributed by atoms with van der Waals surface area (Å²) in [7, 11) is 0. The van der Waals surface area contributed by atoms with E-state index in [1.54, 1.807) is 0 Å². The largest absolute Gasteiger partial charge is 0.396 e. The fraction of sp³-hybridized carbons (Fsp3) is 1.00. The van der Waals surface area contributed by atoms with Crippen LogP contribution in [0.25, 0.3) is 0 Å². The van der Waals surface area contributed by atoms with Gasteiger partial charge in [0.15, 0.2) is 0 Å². The summed E-state index contributed by atoms with van der Waals surface area (Å²) in [4.78, 5) is 2.46. The molecule has 1 saturated carbocycles. The standard InChI is InChI=1S/C14H29N3O/c15-5-6-17-10-13(4-7-18)8-14(11-17)16-9-12-2-1-3-12/h12-14,16,18H,1-11,15H2. The van der Waals surface area contributed by atoms with Crippen molar-refractivity contribution in [3.8, 4) is 0 Å². The zero-order chi connectivity index (χ0) is 12.8. The van der Waals surface area contributed by atoms with Crippen LogP contribution in [0.15, 0.2) is 0 Å². The van der Waals surface area contributed by atoms with Crippen LogP contribution in [0.2, 0.25) is 0 Å². The zero-order valence-corrected chi connectivity index (χ0v) is 11.5. The quantitative estimate of drug-likeness (QED) is 0.616. The van der Waals surface area contributed by atoms with Gasteiger partial charge in [-0.3, -0.25) is 0 Å². The van der Waals surface area contributed by atoms with Crippen LogP contribution >= 0.6 is 0 Å². The smallest absolute Gasteiger partial charge is 0.0434 e. The fourth-order valence-corrected chi connectivity index (χ4v) is 3.24. The number of rotatable bonds is 7. The predicted octanol–water partition coefficient (Wildman–Crippen LogP) is 0.408. The average molecular weight is 255 g/mol. The third kappa shape index (κ3) is 4.19. The predicted molar refractivity (Wildman–Crippen MR) is 74.4 cm³/mol. The second-order valence-electron chi connectivity index (χ2n) is 6.06. The van der Waals surface area contributed by atoms with Crippen molar-refractivity contribution in [2.45, 2.75) is 38.1 Å². The van der Waals surface area contributed by atoms with E-state index in [4.69, 9.17) is 10.8 Å². The molecule has 0 amide bonds. The molecular formula is C14H29N3O. The summed E-state index contributed by atoms with van der Waals surface area (Å²) in [6.07, 6.45) is 6.39. The van der Waals surface area contributed by atoms with Crippen LogP contribution < -0.4 is 11.1 Å². The minimum atomic E-state index is 0.316. The van der Waals surface area contributed by atoms with Crippen molar-refractivity contribution in [1.82, 2.24) is 10.2 Å². The highest BCUT2D eigenvalue weighted by Crippen LogP contribution is 2.26. The molecule has 0 spiro atoms. The first-order chi connectivity index (χ1) is 8.81. The molecule has 18 heavy (non-hydrogen) atoms. The molecular weight excluding hydrogens is 226 g/mol. The Morgan fingerprint density at radius 1 is 1.22 bits per heavy atom. The number of hydrogen-bond acceptors (Lipinski definition) is 4. The highest BCUT2D eigenvalue weighted by molar-refractivity contribution is 4.85. The third-order valence-electron chi connectivity index (χ3n) is 4.52. The molecule has 106 valence electrons. The molecule has 4 heteroatoms. The molecule has 2 fully saturated rings. The Kier molecular flexibility index (Phi) is 5.89. The molecule has 0 aromatic carbocycles. The first-order valence-electron chi connectivity index (χ1n) is 7.58. The van der Waals surface area contributed by atoms with E-state index in [1.807, 2.05) is 0 Å². The summed E-state index contributed by atoms with van der Waals surface area (Å²) >= 11 is 0. The molecule has 4 nitrogen and oxygen atoms in total. The van der Waals surface area contributed by atoms with Crippen molar-refractivity contribution in [2.75, 3.05) is 39.3 Å². The van der Waals surface area contributed by atoms with Crippen LogP contribution in [0.5, 0.6) is 0 Å². The van der Waals surface area contributed by atoms with Gasteiger partial charge in [0.25, 0.3) is 0 Å². The number of hydrogen-bond donors (Lipinski definition) is 3. The number of nitrogens with two attached hydrogens (primary N) is 1. The molecule has 0 aromatic heterocycles. The Bertz CT molecular complexity index is 219. The van der Waals surface area contributed by atoms with Gasteiger partial charge in [-0.15, -0.1) is 0 Å². The van der Waals surface area contributed by atoms with E-state index < -0.39 is 0 Å². The Morgan fingerprint density at radius 3 is 2.67 bits per heavy atom. The summed E-state index contributed by atoms with van der Waals surface area (Å²) in [5.41, 5.74) is 5.67. The molecule has 0 bridgehead atoms. The van der Waals surface area contributed by atoms with Gasteiger partial charge >= 0.3 is 0 Å². The molecule has 0 aromatic rings. The molecule has 1 saturated heterocycles. The summed E-state index contributed by atoms with van der Waals surface area (Å²) in [5, 5.41) is 12.9. The lowest BCUT2D eigenvalue weighted by molar-refractivity contribution is 0.119. The summed E-state index contributed by atoms with van der Waals surface area (Å²) in [6.45, 7) is 5.47. The van der Waals surface area contributed by atoms with Gasteiger partial charge in [-0.1, -0.05) is 6.42 Å². The van der Waals surface area contributed by atoms with Gasteiger partial charge in [-0.25, -0.2) is 0 Å². The van der Waals surface area contributed by atoms with Crippen LogP contribution in [0.3, 0.4) is 0 Å². The summed E-state index contributed by atoms with van der Waals surface area (Å²) in [6, 6.07) is 0.599. The molecule has 2 atom stereocenters. The molecule has 1 heterocycles. The molecule has 0 radical (unpaired) electrons. The number of nitrogens with one attached hydrogen (secondary N) is 1. The fourth-order valence-electron chi connectivity index (χ4n) is 3.24. The van der Waals surface area contributed by atoms with E-state index >= 15 is 0 Å². The van der Waals surface area contributed by atoms with Gasteiger partial charge in [-0.2, -0.15) is 0 Å².